The molecule has 4 heteroatoms. The summed E-state index contributed by atoms with van der Waals surface area (Å²) in [6.07, 6.45) is 2.20. The van der Waals surface area contributed by atoms with Crippen molar-refractivity contribution in [3.63, 3.8) is 0 Å². The summed E-state index contributed by atoms with van der Waals surface area (Å²) >= 11 is 1.49. The first-order valence-corrected chi connectivity index (χ1v) is 9.06. The Morgan fingerprint density at radius 3 is 2.50 bits per heavy atom. The van der Waals surface area contributed by atoms with Crippen molar-refractivity contribution < 1.29 is 5.11 Å². The fourth-order valence-corrected chi connectivity index (χ4v) is 4.03. The number of aliphatic hydroxyl groups excluding tert-OH is 1. The third kappa shape index (κ3) is 2.86. The van der Waals surface area contributed by atoms with E-state index >= 15 is 0 Å². The topological polar surface area (TPSA) is 38.0 Å². The van der Waals surface area contributed by atoms with Gasteiger partial charge in [0.2, 0.25) is 0 Å². The zero-order valence-corrected chi connectivity index (χ0v) is 16.2. The molecule has 0 aromatic carbocycles. The van der Waals surface area contributed by atoms with Crippen LogP contribution in [0.4, 0.5) is 0 Å². The van der Waals surface area contributed by atoms with Gasteiger partial charge in [-0.25, -0.2) is 4.98 Å². The summed E-state index contributed by atoms with van der Waals surface area (Å²) in [4.78, 5) is 5.38. The first-order chi connectivity index (χ1) is 11.3. The number of aryl methyl sites for hydroxylation is 2. The Morgan fingerprint density at radius 1 is 1.33 bits per heavy atom. The highest BCUT2D eigenvalue weighted by atomic mass is 32.1. The molecule has 2 aromatic rings. The molecule has 0 bridgehead atoms. The van der Waals surface area contributed by atoms with Crippen molar-refractivity contribution in [2.45, 2.75) is 34.6 Å². The molecule has 2 heterocycles. The number of hydrogen-bond acceptors (Lipinski definition) is 3. The number of fused-ring (bicyclic) bond motifs is 1. The van der Waals surface area contributed by atoms with E-state index in [9.17, 15) is 5.11 Å². The molecule has 0 saturated carbocycles. The van der Waals surface area contributed by atoms with Crippen molar-refractivity contribution in [1.82, 2.24) is 9.55 Å². The molecule has 1 aliphatic carbocycles. The van der Waals surface area contributed by atoms with E-state index in [2.05, 4.69) is 55.7 Å². The summed E-state index contributed by atoms with van der Waals surface area (Å²) < 4.78 is 2.19. The number of nitrogens with zero attached hydrogens (tertiary/aromatic N) is 2. The molecule has 2 aromatic heterocycles. The van der Waals surface area contributed by atoms with Crippen LogP contribution in [0.15, 0.2) is 19.2 Å². The Labute approximate surface area is 148 Å². The Morgan fingerprint density at radius 2 is 1.96 bits per heavy atom. The molecule has 128 valence electrons. The van der Waals surface area contributed by atoms with E-state index in [0.29, 0.717) is 0 Å². The maximum Gasteiger partial charge on any atom is 0.127 e. The van der Waals surface area contributed by atoms with Crippen LogP contribution in [0.2, 0.25) is 0 Å². The number of thiazole rings is 1. The number of aliphatic hydroxyl groups is 1. The van der Waals surface area contributed by atoms with E-state index in [1.165, 1.54) is 28.3 Å². The van der Waals surface area contributed by atoms with Crippen molar-refractivity contribution in [3.05, 3.63) is 51.8 Å². The minimum absolute atomic E-state index is 0.0837. The molecule has 24 heavy (non-hydrogen) atoms. The first-order valence-electron chi connectivity index (χ1n) is 8.24. The SMILES string of the molecule is C=C(O)c1sc(C2=Cc3cc(C)n(C)c3C(=C)C2C)nc1C.CC. The van der Waals surface area contributed by atoms with Gasteiger partial charge in [0.05, 0.1) is 16.3 Å². The van der Waals surface area contributed by atoms with Gasteiger partial charge in [-0.3, -0.25) is 0 Å². The number of hydrogen-bond donors (Lipinski definition) is 1. The molecule has 0 spiro atoms. The second-order valence-corrected chi connectivity index (χ2v) is 6.87. The maximum absolute atomic E-state index is 9.67. The molecule has 0 amide bonds. The Hall–Kier alpha value is -2.07. The van der Waals surface area contributed by atoms with Crippen LogP contribution in [0.3, 0.4) is 0 Å². The van der Waals surface area contributed by atoms with Crippen molar-refractivity contribution in [2.24, 2.45) is 13.0 Å². The van der Waals surface area contributed by atoms with Crippen LogP contribution in [0.25, 0.3) is 23.0 Å². The van der Waals surface area contributed by atoms with Crippen LogP contribution in [0, 0.1) is 19.8 Å². The van der Waals surface area contributed by atoms with Gasteiger partial charge in [-0.15, -0.1) is 11.3 Å². The third-order valence-electron chi connectivity index (χ3n) is 4.41. The standard InChI is InChI=1S/C18H20N2OS.C2H6/c1-9-7-14-8-15(10(2)11(3)16(14)20(9)6)18-19-12(4)17(22-18)13(5)21;1-2/h7-8,10,21H,3,5H2,1-2,4,6H3;1-2H3. The van der Waals surface area contributed by atoms with E-state index in [1.54, 1.807) is 0 Å². The number of aromatic nitrogens is 2. The van der Waals surface area contributed by atoms with Crippen molar-refractivity contribution in [2.75, 3.05) is 0 Å². The third-order valence-corrected chi connectivity index (χ3v) is 5.67. The molecule has 1 aliphatic rings. The minimum Gasteiger partial charge on any atom is -0.507 e. The van der Waals surface area contributed by atoms with Gasteiger partial charge in [-0.05, 0) is 37.1 Å². The summed E-state index contributed by atoms with van der Waals surface area (Å²) in [6.45, 7) is 18.1. The van der Waals surface area contributed by atoms with Crippen LogP contribution in [-0.2, 0) is 7.05 Å². The molecule has 0 saturated heterocycles. The van der Waals surface area contributed by atoms with Gasteiger partial charge in [-0.1, -0.05) is 33.9 Å². The monoisotopic (exact) mass is 342 g/mol. The van der Waals surface area contributed by atoms with Gasteiger partial charge < -0.3 is 9.67 Å². The highest BCUT2D eigenvalue weighted by Crippen LogP contribution is 2.43. The van der Waals surface area contributed by atoms with Gasteiger partial charge in [0.1, 0.15) is 10.8 Å². The largest absolute Gasteiger partial charge is 0.507 e. The Bertz CT molecular complexity index is 836. The molecule has 0 radical (unpaired) electrons. The molecule has 1 atom stereocenters. The fourth-order valence-electron chi connectivity index (χ4n) is 2.99. The van der Waals surface area contributed by atoms with E-state index in [-0.39, 0.29) is 11.7 Å². The lowest BCUT2D eigenvalue weighted by molar-refractivity contribution is 0.515. The molecule has 3 nitrogen and oxygen atoms in total. The zero-order chi connectivity index (χ0) is 18.2. The van der Waals surface area contributed by atoms with Crippen molar-refractivity contribution in [1.29, 1.82) is 0 Å². The predicted molar refractivity (Wildman–Crippen MR) is 106 cm³/mol. The van der Waals surface area contributed by atoms with Crippen LogP contribution in [0.1, 0.15) is 53.3 Å². The molecule has 1 unspecified atom stereocenters. The highest BCUT2D eigenvalue weighted by Gasteiger charge is 2.27. The summed E-state index contributed by atoms with van der Waals surface area (Å²) in [5.74, 6) is 0.284. The number of rotatable bonds is 2. The lowest BCUT2D eigenvalue weighted by Crippen LogP contribution is -2.10. The van der Waals surface area contributed by atoms with Crippen molar-refractivity contribution in [3.8, 4) is 0 Å². The van der Waals surface area contributed by atoms with Gasteiger partial charge in [0, 0.05) is 24.2 Å². The molecular formula is C20H26N2OS. The lowest BCUT2D eigenvalue weighted by Gasteiger charge is -2.23. The van der Waals surface area contributed by atoms with Crippen LogP contribution >= 0.6 is 11.3 Å². The van der Waals surface area contributed by atoms with E-state index in [0.717, 1.165) is 26.7 Å². The van der Waals surface area contributed by atoms with Crippen LogP contribution < -0.4 is 0 Å². The predicted octanol–water partition coefficient (Wildman–Crippen LogP) is 5.86. The average Bonchev–Trinajstić information content (AvgIpc) is 3.06. The molecule has 0 fully saturated rings. The summed E-state index contributed by atoms with van der Waals surface area (Å²) in [6, 6.07) is 2.18. The molecule has 0 aliphatic heterocycles. The Balaban J connectivity index is 0.00000100. The van der Waals surface area contributed by atoms with Gasteiger partial charge in [0.25, 0.3) is 0 Å². The zero-order valence-electron chi connectivity index (χ0n) is 15.4. The number of allylic oxidation sites excluding steroid dienone is 2. The van der Waals surface area contributed by atoms with Crippen LogP contribution in [0.5, 0.6) is 0 Å². The highest BCUT2D eigenvalue weighted by molar-refractivity contribution is 7.14. The summed E-state index contributed by atoms with van der Waals surface area (Å²) in [7, 11) is 2.08. The average molecular weight is 343 g/mol. The molecular weight excluding hydrogens is 316 g/mol. The van der Waals surface area contributed by atoms with Gasteiger partial charge in [0.15, 0.2) is 0 Å². The summed E-state index contributed by atoms with van der Waals surface area (Å²) in [5.41, 5.74) is 6.70. The smallest absolute Gasteiger partial charge is 0.127 e. The fraction of sp³-hybridized carbons (Fsp3) is 0.350. The van der Waals surface area contributed by atoms with E-state index in [1.807, 2.05) is 20.8 Å². The molecule has 3 rings (SSSR count). The van der Waals surface area contributed by atoms with Gasteiger partial charge in [-0.2, -0.15) is 0 Å². The molecule has 1 N–H and O–H groups in total. The van der Waals surface area contributed by atoms with Gasteiger partial charge >= 0.3 is 0 Å². The van der Waals surface area contributed by atoms with E-state index < -0.39 is 0 Å². The summed E-state index contributed by atoms with van der Waals surface area (Å²) in [5, 5.41) is 10.6. The quantitative estimate of drug-likeness (QED) is 0.694. The Kier molecular flexibility index (Phi) is 5.19. The second-order valence-electron chi connectivity index (χ2n) is 5.88. The van der Waals surface area contributed by atoms with Crippen LogP contribution in [-0.4, -0.2) is 14.7 Å². The normalized spacial score (nSPS) is 16.2. The first kappa shape index (κ1) is 18.3. The van der Waals surface area contributed by atoms with E-state index in [4.69, 9.17) is 0 Å². The second kappa shape index (κ2) is 6.81. The lowest BCUT2D eigenvalue weighted by atomic mass is 9.84. The maximum atomic E-state index is 9.67. The van der Waals surface area contributed by atoms with Crippen molar-refractivity contribution >= 4 is 34.3 Å². The minimum atomic E-state index is 0.0837.